The fourth-order valence-corrected chi connectivity index (χ4v) is 2.86. The molecule has 0 bridgehead atoms. The summed E-state index contributed by atoms with van der Waals surface area (Å²) >= 11 is 2.29. The summed E-state index contributed by atoms with van der Waals surface area (Å²) in [5.41, 5.74) is 1.93. The lowest BCUT2D eigenvalue weighted by Gasteiger charge is -2.12. The third-order valence-electron chi connectivity index (χ3n) is 3.09. The maximum absolute atomic E-state index is 13.3. The Balaban J connectivity index is 2.30. The average molecular weight is 399 g/mol. The van der Waals surface area contributed by atoms with Crippen LogP contribution in [-0.2, 0) is 12.8 Å². The van der Waals surface area contributed by atoms with Crippen molar-refractivity contribution in [3.63, 3.8) is 0 Å². The molecule has 0 saturated heterocycles. The van der Waals surface area contributed by atoms with Gasteiger partial charge < -0.3 is 5.32 Å². The number of aromatic nitrogens is 2. The summed E-state index contributed by atoms with van der Waals surface area (Å²) in [5, 5.41) is 3.34. The molecule has 0 radical (unpaired) electrons. The summed E-state index contributed by atoms with van der Waals surface area (Å²) in [6.45, 7) is 5.09. The number of aryl methyl sites for hydroxylation is 1. The normalized spacial score (nSPS) is 10.7. The quantitative estimate of drug-likeness (QED) is 0.741. The molecule has 0 atom stereocenters. The zero-order valence-corrected chi connectivity index (χ0v) is 14.4. The molecule has 0 aliphatic heterocycles. The van der Waals surface area contributed by atoms with E-state index in [-0.39, 0.29) is 5.82 Å². The molecular weight excluding hydrogens is 380 g/mol. The molecular formula is C16H19FIN3. The number of nitrogens with zero attached hydrogens (tertiary/aromatic N) is 2. The van der Waals surface area contributed by atoms with Crippen LogP contribution >= 0.6 is 22.6 Å². The third-order valence-corrected chi connectivity index (χ3v) is 4.23. The summed E-state index contributed by atoms with van der Waals surface area (Å²) in [6, 6.07) is 6.60. The molecule has 3 nitrogen and oxygen atoms in total. The summed E-state index contributed by atoms with van der Waals surface area (Å²) < 4.78 is 14.3. The zero-order chi connectivity index (χ0) is 15.2. The minimum Gasteiger partial charge on any atom is -0.369 e. The van der Waals surface area contributed by atoms with Gasteiger partial charge in [-0.2, -0.15) is 0 Å². The van der Waals surface area contributed by atoms with Crippen molar-refractivity contribution in [2.45, 2.75) is 33.1 Å². The third kappa shape index (κ3) is 4.36. The Hall–Kier alpha value is -1.24. The monoisotopic (exact) mass is 399 g/mol. The first-order chi connectivity index (χ1) is 10.1. The van der Waals surface area contributed by atoms with Crippen molar-refractivity contribution < 1.29 is 4.39 Å². The van der Waals surface area contributed by atoms with E-state index in [2.05, 4.69) is 51.7 Å². The first kappa shape index (κ1) is 16.1. The molecule has 0 saturated carbocycles. The lowest BCUT2D eigenvalue weighted by Crippen LogP contribution is -2.10. The Morgan fingerprint density at radius 2 is 2.05 bits per heavy atom. The number of hydrogen-bond donors (Lipinski definition) is 1. The number of anilines is 1. The molecule has 21 heavy (non-hydrogen) atoms. The van der Waals surface area contributed by atoms with E-state index in [1.54, 1.807) is 6.07 Å². The van der Waals surface area contributed by atoms with Gasteiger partial charge >= 0.3 is 0 Å². The summed E-state index contributed by atoms with van der Waals surface area (Å²) in [6.07, 6.45) is 2.45. The molecule has 1 aromatic heterocycles. The van der Waals surface area contributed by atoms with Crippen molar-refractivity contribution in [2.75, 3.05) is 11.9 Å². The fourth-order valence-electron chi connectivity index (χ4n) is 2.05. The van der Waals surface area contributed by atoms with Gasteiger partial charge in [0.2, 0.25) is 0 Å². The van der Waals surface area contributed by atoms with E-state index in [1.807, 2.05) is 6.07 Å². The van der Waals surface area contributed by atoms with Crippen molar-refractivity contribution in [1.29, 1.82) is 0 Å². The highest BCUT2D eigenvalue weighted by Crippen LogP contribution is 2.21. The molecule has 1 N–H and O–H groups in total. The number of hydrogen-bond acceptors (Lipinski definition) is 3. The zero-order valence-electron chi connectivity index (χ0n) is 12.3. The van der Waals surface area contributed by atoms with E-state index in [0.29, 0.717) is 6.42 Å². The number of benzene rings is 1. The van der Waals surface area contributed by atoms with Gasteiger partial charge in [-0.25, -0.2) is 14.4 Å². The van der Waals surface area contributed by atoms with E-state index in [0.717, 1.165) is 45.9 Å². The number of nitrogens with one attached hydrogen (secondary N) is 1. The lowest BCUT2D eigenvalue weighted by molar-refractivity contribution is 0.625. The van der Waals surface area contributed by atoms with Gasteiger partial charge in [0, 0.05) is 13.0 Å². The van der Waals surface area contributed by atoms with E-state index in [9.17, 15) is 4.39 Å². The minimum absolute atomic E-state index is 0.224. The van der Waals surface area contributed by atoms with Crippen molar-refractivity contribution in [3.05, 3.63) is 50.7 Å². The van der Waals surface area contributed by atoms with Crippen molar-refractivity contribution in [2.24, 2.45) is 0 Å². The summed E-state index contributed by atoms with van der Waals surface area (Å²) in [5.74, 6) is 1.39. The number of halogens is 2. The smallest absolute Gasteiger partial charge is 0.143 e. The highest BCUT2D eigenvalue weighted by Gasteiger charge is 2.11. The Kier molecular flexibility index (Phi) is 5.90. The van der Waals surface area contributed by atoms with Crippen LogP contribution in [0.5, 0.6) is 0 Å². The summed E-state index contributed by atoms with van der Waals surface area (Å²) in [7, 11) is 0. The van der Waals surface area contributed by atoms with Gasteiger partial charge in [-0.15, -0.1) is 0 Å². The van der Waals surface area contributed by atoms with Gasteiger partial charge in [0.05, 0.1) is 9.26 Å². The van der Waals surface area contributed by atoms with Crippen LogP contribution in [0.3, 0.4) is 0 Å². The summed E-state index contributed by atoms with van der Waals surface area (Å²) in [4.78, 5) is 9.19. The fraction of sp³-hybridized carbons (Fsp3) is 0.375. The Bertz CT molecular complexity index is 616. The maximum Gasteiger partial charge on any atom is 0.143 e. The van der Waals surface area contributed by atoms with Gasteiger partial charge in [0.15, 0.2) is 0 Å². The second-order valence-corrected chi connectivity index (χ2v) is 5.91. The van der Waals surface area contributed by atoms with E-state index in [1.165, 1.54) is 12.1 Å². The van der Waals surface area contributed by atoms with Gasteiger partial charge in [-0.05, 0) is 53.1 Å². The molecule has 5 heteroatoms. The van der Waals surface area contributed by atoms with Crippen LogP contribution in [0, 0.1) is 9.39 Å². The van der Waals surface area contributed by atoms with Gasteiger partial charge in [-0.1, -0.05) is 26.0 Å². The molecule has 1 aromatic carbocycles. The largest absolute Gasteiger partial charge is 0.369 e. The maximum atomic E-state index is 13.3. The standard InChI is InChI=1S/C16H19FIN3/c1-3-8-19-16-15(18)13(4-2)20-14(21-16)10-11-6-5-7-12(17)9-11/h5-7,9H,3-4,8,10H2,1-2H3,(H,19,20,21). The molecule has 0 aliphatic rings. The minimum atomic E-state index is -0.224. The second-order valence-electron chi connectivity index (χ2n) is 4.84. The van der Waals surface area contributed by atoms with E-state index >= 15 is 0 Å². The van der Waals surface area contributed by atoms with Crippen LogP contribution in [0.2, 0.25) is 0 Å². The van der Waals surface area contributed by atoms with Crippen molar-refractivity contribution in [3.8, 4) is 0 Å². The lowest BCUT2D eigenvalue weighted by atomic mass is 10.1. The second kappa shape index (κ2) is 7.68. The first-order valence-electron chi connectivity index (χ1n) is 7.17. The van der Waals surface area contributed by atoms with Crippen LogP contribution in [0.25, 0.3) is 0 Å². The van der Waals surface area contributed by atoms with Crippen molar-refractivity contribution >= 4 is 28.4 Å². The SMILES string of the molecule is CCCNc1nc(Cc2cccc(F)c2)nc(CC)c1I. The van der Waals surface area contributed by atoms with Gasteiger partial charge in [-0.3, -0.25) is 0 Å². The molecule has 112 valence electrons. The number of rotatable bonds is 6. The molecule has 0 aliphatic carbocycles. The van der Waals surface area contributed by atoms with Crippen molar-refractivity contribution in [1.82, 2.24) is 9.97 Å². The predicted octanol–water partition coefficient (Wildman–Crippen LogP) is 4.20. The van der Waals surface area contributed by atoms with Crippen LogP contribution in [0.1, 0.15) is 37.4 Å². The van der Waals surface area contributed by atoms with E-state index < -0.39 is 0 Å². The predicted molar refractivity (Wildman–Crippen MR) is 92.1 cm³/mol. The first-order valence-corrected chi connectivity index (χ1v) is 8.25. The Labute approximate surface area is 138 Å². The van der Waals surface area contributed by atoms with Crippen LogP contribution in [-0.4, -0.2) is 16.5 Å². The molecule has 0 spiro atoms. The topological polar surface area (TPSA) is 37.8 Å². The van der Waals surface area contributed by atoms with Crippen LogP contribution in [0.15, 0.2) is 24.3 Å². The van der Waals surface area contributed by atoms with E-state index in [4.69, 9.17) is 0 Å². The molecule has 0 amide bonds. The molecule has 1 heterocycles. The molecule has 2 aromatic rings. The van der Waals surface area contributed by atoms with Gasteiger partial charge in [0.1, 0.15) is 17.5 Å². The average Bonchev–Trinajstić information content (AvgIpc) is 2.47. The van der Waals surface area contributed by atoms with Crippen LogP contribution < -0.4 is 5.32 Å². The Morgan fingerprint density at radius 1 is 1.24 bits per heavy atom. The highest BCUT2D eigenvalue weighted by molar-refractivity contribution is 14.1. The van der Waals surface area contributed by atoms with Crippen LogP contribution in [0.4, 0.5) is 10.2 Å². The molecule has 2 rings (SSSR count). The Morgan fingerprint density at radius 3 is 2.71 bits per heavy atom. The van der Waals surface area contributed by atoms with Gasteiger partial charge in [0.25, 0.3) is 0 Å². The molecule has 0 fully saturated rings. The molecule has 0 unspecified atom stereocenters. The highest BCUT2D eigenvalue weighted by atomic mass is 127.